The molecule has 3 N–H and O–H groups in total. The maximum Gasteiger partial charge on any atom is 0.317 e. The zero-order chi connectivity index (χ0) is 14.3. The quantitative estimate of drug-likeness (QED) is 0.793. The standard InChI is InChI=1S/C14H18N4OS/c1-9-2-3-11(13(15)20)12(6-9)17-4-5-18-10(8-17)7-16-14(18)19/h2-3,6,10H,4-5,7-8H2,1H3,(H2,15,20)(H,16,19). The van der Waals surface area contributed by atoms with Crippen molar-refractivity contribution < 1.29 is 4.79 Å². The van der Waals surface area contributed by atoms with Crippen molar-refractivity contribution in [1.82, 2.24) is 10.2 Å². The Bertz CT molecular complexity index is 574. The highest BCUT2D eigenvalue weighted by Crippen LogP contribution is 2.26. The third kappa shape index (κ3) is 2.20. The lowest BCUT2D eigenvalue weighted by Crippen LogP contribution is -2.52. The van der Waals surface area contributed by atoms with Gasteiger partial charge >= 0.3 is 6.03 Å². The van der Waals surface area contributed by atoms with E-state index >= 15 is 0 Å². The van der Waals surface area contributed by atoms with Crippen molar-refractivity contribution >= 4 is 28.9 Å². The molecule has 3 rings (SSSR count). The molecule has 6 heteroatoms. The molecule has 0 aliphatic carbocycles. The summed E-state index contributed by atoms with van der Waals surface area (Å²) in [6, 6.07) is 6.41. The Morgan fingerprint density at radius 3 is 3.00 bits per heavy atom. The van der Waals surface area contributed by atoms with Crippen molar-refractivity contribution in [2.45, 2.75) is 13.0 Å². The van der Waals surface area contributed by atoms with Gasteiger partial charge in [0.05, 0.1) is 6.04 Å². The lowest BCUT2D eigenvalue weighted by atomic mass is 10.1. The average Bonchev–Trinajstić information content (AvgIpc) is 2.79. The summed E-state index contributed by atoms with van der Waals surface area (Å²) in [7, 11) is 0. The van der Waals surface area contributed by atoms with E-state index in [4.69, 9.17) is 18.0 Å². The predicted octanol–water partition coefficient (Wildman–Crippen LogP) is 0.843. The molecule has 2 fully saturated rings. The Balaban J connectivity index is 1.89. The van der Waals surface area contributed by atoms with Crippen LogP contribution in [0.1, 0.15) is 11.1 Å². The van der Waals surface area contributed by atoms with E-state index in [1.54, 1.807) is 0 Å². The van der Waals surface area contributed by atoms with Crippen LogP contribution in [0.4, 0.5) is 10.5 Å². The normalized spacial score (nSPS) is 21.6. The van der Waals surface area contributed by atoms with Crippen LogP contribution < -0.4 is 16.0 Å². The highest BCUT2D eigenvalue weighted by Gasteiger charge is 2.35. The van der Waals surface area contributed by atoms with Gasteiger partial charge in [0.1, 0.15) is 4.99 Å². The van der Waals surface area contributed by atoms with Crippen LogP contribution in [0.5, 0.6) is 0 Å². The van der Waals surface area contributed by atoms with Gasteiger partial charge in [0.25, 0.3) is 0 Å². The summed E-state index contributed by atoms with van der Waals surface area (Å²) in [5.74, 6) is 0. The fourth-order valence-electron chi connectivity index (χ4n) is 2.93. The third-order valence-corrected chi connectivity index (χ3v) is 4.21. The molecule has 106 valence electrons. The average molecular weight is 290 g/mol. The van der Waals surface area contributed by atoms with Gasteiger partial charge in [-0.3, -0.25) is 0 Å². The Morgan fingerprint density at radius 2 is 2.25 bits per heavy atom. The molecule has 2 aliphatic rings. The lowest BCUT2D eigenvalue weighted by Gasteiger charge is -2.38. The summed E-state index contributed by atoms with van der Waals surface area (Å²) in [5, 5.41) is 2.89. The van der Waals surface area contributed by atoms with E-state index in [1.165, 1.54) is 5.56 Å². The summed E-state index contributed by atoms with van der Waals surface area (Å²) >= 11 is 5.15. The van der Waals surface area contributed by atoms with Crippen LogP contribution in [0.2, 0.25) is 0 Å². The molecule has 0 radical (unpaired) electrons. The fourth-order valence-corrected chi connectivity index (χ4v) is 3.11. The van der Waals surface area contributed by atoms with Crippen LogP contribution >= 0.6 is 12.2 Å². The molecular weight excluding hydrogens is 272 g/mol. The van der Waals surface area contributed by atoms with E-state index in [9.17, 15) is 4.79 Å². The number of aryl methyl sites for hydroxylation is 1. The first-order valence-electron chi connectivity index (χ1n) is 6.76. The number of amides is 2. The Labute approximate surface area is 123 Å². The van der Waals surface area contributed by atoms with Crippen LogP contribution in [-0.2, 0) is 0 Å². The van der Waals surface area contributed by atoms with Crippen molar-refractivity contribution in [2.75, 3.05) is 31.1 Å². The second kappa shape index (κ2) is 4.94. The second-order valence-corrected chi connectivity index (χ2v) is 5.80. The maximum atomic E-state index is 11.6. The van der Waals surface area contributed by atoms with Gasteiger partial charge in [-0.25, -0.2) is 4.79 Å². The number of nitrogens with zero attached hydrogens (tertiary/aromatic N) is 2. The molecule has 0 saturated carbocycles. The van der Waals surface area contributed by atoms with E-state index < -0.39 is 0 Å². The van der Waals surface area contributed by atoms with Gasteiger partial charge in [-0.05, 0) is 24.6 Å². The molecule has 2 aliphatic heterocycles. The fraction of sp³-hybridized carbons (Fsp3) is 0.429. The maximum absolute atomic E-state index is 11.6. The van der Waals surface area contributed by atoms with Crippen molar-refractivity contribution in [3.05, 3.63) is 29.3 Å². The topological polar surface area (TPSA) is 61.6 Å². The molecule has 2 heterocycles. The minimum Gasteiger partial charge on any atom is -0.389 e. The van der Waals surface area contributed by atoms with Gasteiger partial charge in [-0.1, -0.05) is 18.3 Å². The molecule has 1 aromatic carbocycles. The van der Waals surface area contributed by atoms with Crippen molar-refractivity contribution in [3.63, 3.8) is 0 Å². The first-order chi connectivity index (χ1) is 9.56. The van der Waals surface area contributed by atoms with E-state index in [-0.39, 0.29) is 12.1 Å². The zero-order valence-electron chi connectivity index (χ0n) is 11.4. The number of rotatable bonds is 2. The summed E-state index contributed by atoms with van der Waals surface area (Å²) in [5.41, 5.74) is 9.00. The molecule has 2 amide bonds. The van der Waals surface area contributed by atoms with Gasteiger partial charge in [0.2, 0.25) is 0 Å². The first kappa shape index (κ1) is 13.2. The number of anilines is 1. The zero-order valence-corrected chi connectivity index (χ0v) is 12.2. The minimum absolute atomic E-state index is 0.0495. The largest absolute Gasteiger partial charge is 0.389 e. The number of urea groups is 1. The highest BCUT2D eigenvalue weighted by atomic mass is 32.1. The van der Waals surface area contributed by atoms with E-state index in [2.05, 4.69) is 23.2 Å². The third-order valence-electron chi connectivity index (χ3n) is 3.99. The molecule has 20 heavy (non-hydrogen) atoms. The SMILES string of the molecule is Cc1ccc(C(N)=S)c(N2CCN3C(=O)NCC3C2)c1. The summed E-state index contributed by atoms with van der Waals surface area (Å²) < 4.78 is 0. The number of thiocarbonyl (C=S) groups is 1. The number of hydrogen-bond donors (Lipinski definition) is 2. The predicted molar refractivity (Wildman–Crippen MR) is 83.2 cm³/mol. The van der Waals surface area contributed by atoms with Gasteiger partial charge in [-0.2, -0.15) is 0 Å². The van der Waals surface area contributed by atoms with Crippen molar-refractivity contribution in [2.24, 2.45) is 5.73 Å². The molecule has 0 bridgehead atoms. The molecule has 0 aromatic heterocycles. The lowest BCUT2D eigenvalue weighted by molar-refractivity contribution is 0.197. The number of nitrogens with two attached hydrogens (primary N) is 1. The number of carbonyl (C=O) groups is 1. The summed E-state index contributed by atoms with van der Waals surface area (Å²) in [6.45, 7) is 5.13. The smallest absolute Gasteiger partial charge is 0.317 e. The second-order valence-electron chi connectivity index (χ2n) is 5.36. The molecule has 0 spiro atoms. The van der Waals surface area contributed by atoms with Crippen LogP contribution in [0.3, 0.4) is 0 Å². The first-order valence-corrected chi connectivity index (χ1v) is 7.17. The summed E-state index contributed by atoms with van der Waals surface area (Å²) in [6.07, 6.45) is 0. The number of nitrogens with one attached hydrogen (secondary N) is 1. The monoisotopic (exact) mass is 290 g/mol. The van der Waals surface area contributed by atoms with Gasteiger partial charge in [0.15, 0.2) is 0 Å². The van der Waals surface area contributed by atoms with Crippen molar-refractivity contribution in [1.29, 1.82) is 0 Å². The van der Waals surface area contributed by atoms with Crippen LogP contribution in [0, 0.1) is 6.92 Å². The van der Waals surface area contributed by atoms with Crippen LogP contribution in [0.25, 0.3) is 0 Å². The van der Waals surface area contributed by atoms with E-state index in [0.29, 0.717) is 11.5 Å². The van der Waals surface area contributed by atoms with Gasteiger partial charge in [-0.15, -0.1) is 0 Å². The highest BCUT2D eigenvalue weighted by molar-refractivity contribution is 7.80. The van der Waals surface area contributed by atoms with Crippen molar-refractivity contribution in [3.8, 4) is 0 Å². The number of benzene rings is 1. The van der Waals surface area contributed by atoms with Gasteiger partial charge in [0, 0.05) is 37.4 Å². The molecule has 5 nitrogen and oxygen atoms in total. The van der Waals surface area contributed by atoms with E-state index in [0.717, 1.165) is 30.9 Å². The molecular formula is C14H18N4OS. The van der Waals surface area contributed by atoms with Crippen LogP contribution in [0.15, 0.2) is 18.2 Å². The van der Waals surface area contributed by atoms with Gasteiger partial charge < -0.3 is 20.9 Å². The Kier molecular flexibility index (Phi) is 3.25. The number of carbonyl (C=O) groups excluding carboxylic acids is 1. The Morgan fingerprint density at radius 1 is 1.45 bits per heavy atom. The molecule has 1 atom stereocenters. The molecule has 2 saturated heterocycles. The van der Waals surface area contributed by atoms with Crippen LogP contribution in [-0.4, -0.2) is 48.1 Å². The Hall–Kier alpha value is -1.82. The van der Waals surface area contributed by atoms with E-state index in [1.807, 2.05) is 17.0 Å². The number of piperazine rings is 1. The number of fused-ring (bicyclic) bond motifs is 1. The minimum atomic E-state index is 0.0495. The summed E-state index contributed by atoms with van der Waals surface area (Å²) in [4.78, 5) is 16.2. The molecule has 1 aromatic rings. The number of hydrogen-bond acceptors (Lipinski definition) is 3. The molecule has 1 unspecified atom stereocenters.